The van der Waals surface area contributed by atoms with Gasteiger partial charge in [-0.2, -0.15) is 0 Å². The molecule has 0 aromatic rings. The molecule has 1 heterocycles. The van der Waals surface area contributed by atoms with Crippen LogP contribution in [0.15, 0.2) is 0 Å². The molecule has 21 heavy (non-hydrogen) atoms. The highest BCUT2D eigenvalue weighted by Crippen LogP contribution is 2.27. The van der Waals surface area contributed by atoms with Crippen LogP contribution in [0.5, 0.6) is 0 Å². The van der Waals surface area contributed by atoms with Gasteiger partial charge < -0.3 is 10.2 Å². The van der Waals surface area contributed by atoms with Crippen molar-refractivity contribution < 1.29 is 0 Å². The van der Waals surface area contributed by atoms with Crippen molar-refractivity contribution in [3.05, 3.63) is 0 Å². The van der Waals surface area contributed by atoms with Crippen molar-refractivity contribution in [2.45, 2.75) is 60.4 Å². The average Bonchev–Trinajstić information content (AvgIpc) is 2.46. The van der Waals surface area contributed by atoms with Crippen molar-refractivity contribution in [3.8, 4) is 0 Å². The molecule has 0 radical (unpaired) electrons. The molecule has 1 aliphatic heterocycles. The fourth-order valence-corrected chi connectivity index (χ4v) is 3.32. The van der Waals surface area contributed by atoms with Crippen LogP contribution >= 0.6 is 0 Å². The lowest BCUT2D eigenvalue weighted by Gasteiger charge is -2.42. The van der Waals surface area contributed by atoms with E-state index in [4.69, 9.17) is 0 Å². The molecular formula is C18H39N3. The van der Waals surface area contributed by atoms with Crippen LogP contribution in [0.3, 0.4) is 0 Å². The molecule has 1 fully saturated rings. The summed E-state index contributed by atoms with van der Waals surface area (Å²) in [7, 11) is 0. The molecule has 1 aliphatic rings. The molecule has 0 bridgehead atoms. The van der Waals surface area contributed by atoms with Crippen LogP contribution in [-0.4, -0.2) is 61.7 Å². The number of piperazine rings is 1. The lowest BCUT2D eigenvalue weighted by Crippen LogP contribution is -2.53. The Morgan fingerprint density at radius 2 is 1.52 bits per heavy atom. The molecule has 0 aromatic carbocycles. The predicted molar refractivity (Wildman–Crippen MR) is 93.9 cm³/mol. The minimum atomic E-state index is 0.453. The fraction of sp³-hybridized carbons (Fsp3) is 1.00. The van der Waals surface area contributed by atoms with E-state index in [1.54, 1.807) is 0 Å². The van der Waals surface area contributed by atoms with Gasteiger partial charge in [0.25, 0.3) is 0 Å². The number of nitrogens with one attached hydrogen (secondary N) is 1. The number of rotatable bonds is 9. The van der Waals surface area contributed by atoms with Crippen molar-refractivity contribution in [3.63, 3.8) is 0 Å². The monoisotopic (exact) mass is 297 g/mol. The molecule has 0 unspecified atom stereocenters. The van der Waals surface area contributed by atoms with E-state index in [9.17, 15) is 0 Å². The quantitative estimate of drug-likeness (QED) is 0.705. The van der Waals surface area contributed by atoms with Crippen molar-refractivity contribution >= 4 is 0 Å². The van der Waals surface area contributed by atoms with E-state index in [-0.39, 0.29) is 0 Å². The highest BCUT2D eigenvalue weighted by Gasteiger charge is 2.30. The van der Waals surface area contributed by atoms with Gasteiger partial charge in [0.15, 0.2) is 0 Å². The van der Waals surface area contributed by atoms with E-state index < -0.39 is 0 Å². The van der Waals surface area contributed by atoms with Crippen molar-refractivity contribution in [2.75, 3.05) is 45.8 Å². The summed E-state index contributed by atoms with van der Waals surface area (Å²) in [5, 5.41) is 3.71. The lowest BCUT2D eigenvalue weighted by atomic mass is 9.81. The van der Waals surface area contributed by atoms with Crippen LogP contribution in [-0.2, 0) is 0 Å². The molecule has 0 amide bonds. The molecule has 3 nitrogen and oxygen atoms in total. The Bertz CT molecular complexity index is 264. The summed E-state index contributed by atoms with van der Waals surface area (Å²) in [4.78, 5) is 5.30. The maximum Gasteiger partial charge on any atom is 0.0113 e. The van der Waals surface area contributed by atoms with Crippen LogP contribution in [0.1, 0.15) is 54.4 Å². The Hall–Kier alpha value is -0.120. The van der Waals surface area contributed by atoms with Crippen LogP contribution in [0.2, 0.25) is 0 Å². The molecule has 0 aromatic heterocycles. The molecule has 126 valence electrons. The average molecular weight is 298 g/mol. The van der Waals surface area contributed by atoms with Crippen LogP contribution in [0, 0.1) is 11.3 Å². The summed E-state index contributed by atoms with van der Waals surface area (Å²) >= 11 is 0. The first kappa shape index (κ1) is 18.9. The van der Waals surface area contributed by atoms with Crippen molar-refractivity contribution in [2.24, 2.45) is 11.3 Å². The van der Waals surface area contributed by atoms with Gasteiger partial charge in [0.2, 0.25) is 0 Å². The second kappa shape index (κ2) is 9.12. The highest BCUT2D eigenvalue weighted by molar-refractivity contribution is 4.85. The molecule has 0 spiro atoms. The van der Waals surface area contributed by atoms with Gasteiger partial charge in [0, 0.05) is 45.3 Å². The summed E-state index contributed by atoms with van der Waals surface area (Å²) in [5.74, 6) is 0.742. The van der Waals surface area contributed by atoms with Gasteiger partial charge in [-0.05, 0) is 44.6 Å². The molecule has 1 rings (SSSR count). The highest BCUT2D eigenvalue weighted by atomic mass is 15.3. The Labute approximate surface area is 133 Å². The van der Waals surface area contributed by atoms with E-state index in [0.29, 0.717) is 11.5 Å². The van der Waals surface area contributed by atoms with Gasteiger partial charge in [0.1, 0.15) is 0 Å². The number of hydrogen-bond acceptors (Lipinski definition) is 3. The summed E-state index contributed by atoms with van der Waals surface area (Å²) in [6, 6.07) is 0.696. The fourth-order valence-electron chi connectivity index (χ4n) is 3.32. The Balaban J connectivity index is 2.46. The topological polar surface area (TPSA) is 18.5 Å². The van der Waals surface area contributed by atoms with E-state index in [1.165, 1.54) is 52.1 Å². The zero-order chi connectivity index (χ0) is 15.9. The standard InChI is InChI=1S/C18H39N3/c1-7-18(8-2,14-19-13-16(3)4)15-20-9-11-21(12-10-20)17(5)6/h16-17,19H,7-15H2,1-6H3. The summed E-state index contributed by atoms with van der Waals surface area (Å²) in [5.41, 5.74) is 0.453. The van der Waals surface area contributed by atoms with Crippen LogP contribution in [0.4, 0.5) is 0 Å². The molecule has 1 N–H and O–H groups in total. The lowest BCUT2D eigenvalue weighted by molar-refractivity contribution is 0.0654. The Morgan fingerprint density at radius 3 is 1.95 bits per heavy atom. The second-order valence-electron chi connectivity index (χ2n) is 7.64. The third kappa shape index (κ3) is 6.25. The van der Waals surface area contributed by atoms with Crippen LogP contribution < -0.4 is 5.32 Å². The van der Waals surface area contributed by atoms with Gasteiger partial charge in [0.05, 0.1) is 0 Å². The van der Waals surface area contributed by atoms with Gasteiger partial charge >= 0.3 is 0 Å². The predicted octanol–water partition coefficient (Wildman–Crippen LogP) is 3.06. The number of nitrogens with zero attached hydrogens (tertiary/aromatic N) is 2. The molecule has 3 heteroatoms. The third-order valence-corrected chi connectivity index (χ3v) is 5.25. The molecule has 1 saturated heterocycles. The summed E-state index contributed by atoms with van der Waals surface area (Å²) in [6.07, 6.45) is 2.55. The van der Waals surface area contributed by atoms with Gasteiger partial charge in [-0.25, -0.2) is 0 Å². The largest absolute Gasteiger partial charge is 0.316 e. The van der Waals surface area contributed by atoms with Crippen LogP contribution in [0.25, 0.3) is 0 Å². The van der Waals surface area contributed by atoms with Crippen molar-refractivity contribution in [1.82, 2.24) is 15.1 Å². The number of hydrogen-bond donors (Lipinski definition) is 1. The molecule has 0 saturated carbocycles. The van der Waals surface area contributed by atoms with Gasteiger partial charge in [-0.1, -0.05) is 27.7 Å². The molecular weight excluding hydrogens is 258 g/mol. The van der Waals surface area contributed by atoms with Crippen molar-refractivity contribution in [1.29, 1.82) is 0 Å². The first-order valence-corrected chi connectivity index (χ1v) is 9.09. The zero-order valence-electron chi connectivity index (χ0n) is 15.4. The first-order chi connectivity index (χ1) is 9.92. The maximum atomic E-state index is 3.71. The van der Waals surface area contributed by atoms with E-state index >= 15 is 0 Å². The summed E-state index contributed by atoms with van der Waals surface area (Å²) in [6.45, 7) is 22.5. The SMILES string of the molecule is CCC(CC)(CNCC(C)C)CN1CCN(C(C)C)CC1. The van der Waals surface area contributed by atoms with E-state index in [1.807, 2.05) is 0 Å². The van der Waals surface area contributed by atoms with E-state index in [0.717, 1.165) is 12.5 Å². The molecule has 0 aliphatic carbocycles. The minimum Gasteiger partial charge on any atom is -0.316 e. The summed E-state index contributed by atoms with van der Waals surface area (Å²) < 4.78 is 0. The minimum absolute atomic E-state index is 0.453. The maximum absolute atomic E-state index is 3.71. The zero-order valence-corrected chi connectivity index (χ0v) is 15.4. The third-order valence-electron chi connectivity index (χ3n) is 5.25. The van der Waals surface area contributed by atoms with Gasteiger partial charge in [-0.3, -0.25) is 4.90 Å². The normalized spacial score (nSPS) is 18.9. The van der Waals surface area contributed by atoms with Gasteiger partial charge in [-0.15, -0.1) is 0 Å². The Kier molecular flexibility index (Phi) is 8.22. The first-order valence-electron chi connectivity index (χ1n) is 9.09. The second-order valence-corrected chi connectivity index (χ2v) is 7.64. The van der Waals surface area contributed by atoms with E-state index in [2.05, 4.69) is 56.7 Å². The Morgan fingerprint density at radius 1 is 0.952 bits per heavy atom. The smallest absolute Gasteiger partial charge is 0.0113 e. The molecule has 0 atom stereocenters.